The molecule has 0 rings (SSSR count). The highest BCUT2D eigenvalue weighted by Crippen LogP contribution is 1.99. The summed E-state index contributed by atoms with van der Waals surface area (Å²) in [5, 5.41) is 11.0. The van der Waals surface area contributed by atoms with Gasteiger partial charge in [-0.2, -0.15) is 0 Å². The Kier molecular flexibility index (Phi) is 6.58. The molecule has 0 aliphatic heterocycles. The van der Waals surface area contributed by atoms with Gasteiger partial charge in [-0.15, -0.1) is 0 Å². The van der Waals surface area contributed by atoms with Gasteiger partial charge >= 0.3 is 11.9 Å². The van der Waals surface area contributed by atoms with Crippen LogP contribution >= 0.6 is 0 Å². The number of carboxylic acid groups (broad SMARTS) is 1. The summed E-state index contributed by atoms with van der Waals surface area (Å²) in [6.07, 6.45) is 3.31. The molecule has 0 aromatic carbocycles. The fourth-order valence-electron chi connectivity index (χ4n) is 1.01. The molecule has 0 heterocycles. The highest BCUT2D eigenvalue weighted by atomic mass is 16.5. The van der Waals surface area contributed by atoms with Crippen LogP contribution in [0.25, 0.3) is 0 Å². The quantitative estimate of drug-likeness (QED) is 0.497. The molecule has 6 heteroatoms. The first-order chi connectivity index (χ1) is 7.47. The molecule has 16 heavy (non-hydrogen) atoms. The van der Waals surface area contributed by atoms with Crippen molar-refractivity contribution in [3.63, 3.8) is 0 Å². The zero-order valence-electron chi connectivity index (χ0n) is 9.23. The number of carboxylic acids is 1. The number of esters is 1. The number of hydrogen-bond acceptors (Lipinski definition) is 4. The lowest BCUT2D eigenvalue weighted by Crippen LogP contribution is -2.39. The van der Waals surface area contributed by atoms with Gasteiger partial charge in [0.25, 0.3) is 0 Å². The highest BCUT2D eigenvalue weighted by molar-refractivity contribution is 5.82. The second-order valence-electron chi connectivity index (χ2n) is 3.09. The van der Waals surface area contributed by atoms with Gasteiger partial charge in [-0.25, -0.2) is 9.59 Å². The Labute approximate surface area is 93.3 Å². The molecule has 0 saturated heterocycles. The van der Waals surface area contributed by atoms with Gasteiger partial charge < -0.3 is 15.2 Å². The van der Waals surface area contributed by atoms with Crippen molar-refractivity contribution in [2.45, 2.75) is 25.8 Å². The van der Waals surface area contributed by atoms with E-state index in [1.54, 1.807) is 0 Å². The molecule has 90 valence electrons. The van der Waals surface area contributed by atoms with E-state index >= 15 is 0 Å². The van der Waals surface area contributed by atoms with E-state index < -0.39 is 23.9 Å². The lowest BCUT2D eigenvalue weighted by Gasteiger charge is -2.11. The summed E-state index contributed by atoms with van der Waals surface area (Å²) in [6, 6.07) is -0.931. The molecular weight excluding hydrogens is 214 g/mol. The van der Waals surface area contributed by atoms with Crippen LogP contribution in [0.3, 0.4) is 0 Å². The van der Waals surface area contributed by atoms with Crippen LogP contribution in [0.5, 0.6) is 0 Å². The van der Waals surface area contributed by atoms with Gasteiger partial charge in [0.2, 0.25) is 5.91 Å². The Morgan fingerprint density at radius 1 is 1.44 bits per heavy atom. The largest absolute Gasteiger partial charge is 0.480 e. The van der Waals surface area contributed by atoms with Crippen molar-refractivity contribution < 1.29 is 24.2 Å². The molecule has 0 aliphatic rings. The molecule has 1 atom stereocenters. The van der Waals surface area contributed by atoms with Gasteiger partial charge in [-0.3, -0.25) is 4.79 Å². The van der Waals surface area contributed by atoms with Crippen molar-refractivity contribution in [1.82, 2.24) is 5.32 Å². The standard InChI is InChI=1S/C10H15NO5/c1-7(12)11-8(10(14)15)5-3-4-6-9(13)16-2/h4,6,8H,3,5H2,1-2H3,(H,11,12)(H,14,15)/b6-4+/t8-/m0/s1. The Morgan fingerprint density at radius 2 is 2.06 bits per heavy atom. The average molecular weight is 229 g/mol. The SMILES string of the molecule is COC(=O)/C=C/CC[C@H](NC(C)=O)C(=O)O. The number of methoxy groups -OCH3 is 1. The predicted octanol–water partition coefficient (Wildman–Crippen LogP) is 0.0851. The first-order valence-electron chi connectivity index (χ1n) is 4.71. The van der Waals surface area contributed by atoms with Crippen LogP contribution in [0, 0.1) is 0 Å². The third kappa shape index (κ3) is 6.58. The lowest BCUT2D eigenvalue weighted by molar-refractivity contribution is -0.141. The molecule has 0 aromatic rings. The molecular formula is C10H15NO5. The van der Waals surface area contributed by atoms with Crippen LogP contribution < -0.4 is 5.32 Å². The summed E-state index contributed by atoms with van der Waals surface area (Å²) in [5.41, 5.74) is 0. The van der Waals surface area contributed by atoms with Crippen molar-refractivity contribution in [3.8, 4) is 0 Å². The van der Waals surface area contributed by atoms with Crippen molar-refractivity contribution in [1.29, 1.82) is 0 Å². The van der Waals surface area contributed by atoms with Crippen LogP contribution in [-0.2, 0) is 19.1 Å². The van der Waals surface area contributed by atoms with Gasteiger partial charge in [0.1, 0.15) is 6.04 Å². The fourth-order valence-corrected chi connectivity index (χ4v) is 1.01. The van der Waals surface area contributed by atoms with Crippen LogP contribution in [0.15, 0.2) is 12.2 Å². The van der Waals surface area contributed by atoms with Gasteiger partial charge in [0.05, 0.1) is 7.11 Å². The van der Waals surface area contributed by atoms with Crippen LogP contribution in [0.1, 0.15) is 19.8 Å². The van der Waals surface area contributed by atoms with Gasteiger partial charge in [-0.05, 0) is 12.8 Å². The minimum absolute atomic E-state index is 0.225. The number of rotatable bonds is 6. The lowest BCUT2D eigenvalue weighted by atomic mass is 10.1. The number of carbonyl (C=O) groups is 3. The zero-order valence-corrected chi connectivity index (χ0v) is 9.23. The summed E-state index contributed by atoms with van der Waals surface area (Å²) >= 11 is 0. The molecule has 1 amide bonds. The minimum atomic E-state index is -1.10. The molecule has 0 bridgehead atoms. The summed E-state index contributed by atoms with van der Waals surface area (Å²) < 4.78 is 4.36. The average Bonchev–Trinajstić information content (AvgIpc) is 2.21. The number of ether oxygens (including phenoxy) is 1. The molecule has 0 radical (unpaired) electrons. The number of allylic oxidation sites excluding steroid dienone is 1. The smallest absolute Gasteiger partial charge is 0.330 e. The van der Waals surface area contributed by atoms with E-state index in [1.165, 1.54) is 26.2 Å². The fraction of sp³-hybridized carbons (Fsp3) is 0.500. The Morgan fingerprint density at radius 3 is 2.50 bits per heavy atom. The Balaban J connectivity index is 4.03. The first-order valence-corrected chi connectivity index (χ1v) is 4.71. The van der Waals surface area contributed by atoms with E-state index in [2.05, 4.69) is 10.1 Å². The number of hydrogen-bond donors (Lipinski definition) is 2. The summed E-state index contributed by atoms with van der Waals surface area (Å²) in [7, 11) is 1.25. The highest BCUT2D eigenvalue weighted by Gasteiger charge is 2.16. The van der Waals surface area contributed by atoms with Crippen molar-refractivity contribution >= 4 is 17.8 Å². The van der Waals surface area contributed by atoms with E-state index in [-0.39, 0.29) is 6.42 Å². The van der Waals surface area contributed by atoms with Crippen molar-refractivity contribution in [3.05, 3.63) is 12.2 Å². The molecule has 0 unspecified atom stereocenters. The van der Waals surface area contributed by atoms with Gasteiger partial charge in [0, 0.05) is 13.0 Å². The van der Waals surface area contributed by atoms with Crippen molar-refractivity contribution in [2.24, 2.45) is 0 Å². The van der Waals surface area contributed by atoms with Crippen molar-refractivity contribution in [2.75, 3.05) is 7.11 Å². The maximum atomic E-state index is 10.7. The van der Waals surface area contributed by atoms with E-state index in [4.69, 9.17) is 5.11 Å². The monoisotopic (exact) mass is 229 g/mol. The topological polar surface area (TPSA) is 92.7 Å². The maximum absolute atomic E-state index is 10.7. The molecule has 0 spiro atoms. The third-order valence-electron chi connectivity index (χ3n) is 1.75. The van der Waals surface area contributed by atoms with Crippen LogP contribution in [0.4, 0.5) is 0 Å². The molecule has 0 fully saturated rings. The normalized spacial score (nSPS) is 12.1. The summed E-state index contributed by atoms with van der Waals surface area (Å²) in [6.45, 7) is 1.25. The van der Waals surface area contributed by atoms with Crippen LogP contribution in [0.2, 0.25) is 0 Å². The number of nitrogens with one attached hydrogen (secondary N) is 1. The molecule has 0 aliphatic carbocycles. The van der Waals surface area contributed by atoms with E-state index in [9.17, 15) is 14.4 Å². The minimum Gasteiger partial charge on any atom is -0.480 e. The first kappa shape index (κ1) is 14.2. The van der Waals surface area contributed by atoms with Crippen LogP contribution in [-0.4, -0.2) is 36.1 Å². The van der Waals surface area contributed by atoms with E-state index in [1.807, 2.05) is 0 Å². The Hall–Kier alpha value is -1.85. The van der Waals surface area contributed by atoms with E-state index in [0.29, 0.717) is 6.42 Å². The second kappa shape index (κ2) is 7.44. The summed E-state index contributed by atoms with van der Waals surface area (Å²) in [5.74, 6) is -1.99. The number of aliphatic carboxylic acids is 1. The number of amides is 1. The predicted molar refractivity (Wildman–Crippen MR) is 55.6 cm³/mol. The molecule has 0 saturated carbocycles. The molecule has 2 N–H and O–H groups in total. The number of carbonyl (C=O) groups excluding carboxylic acids is 2. The third-order valence-corrected chi connectivity index (χ3v) is 1.75. The Bertz CT molecular complexity index is 298. The van der Waals surface area contributed by atoms with Gasteiger partial charge in [0.15, 0.2) is 0 Å². The summed E-state index contributed by atoms with van der Waals surface area (Å²) in [4.78, 5) is 32.0. The van der Waals surface area contributed by atoms with Gasteiger partial charge in [-0.1, -0.05) is 6.08 Å². The molecule has 6 nitrogen and oxygen atoms in total. The van der Waals surface area contributed by atoms with E-state index in [0.717, 1.165) is 0 Å². The molecule has 0 aromatic heterocycles. The maximum Gasteiger partial charge on any atom is 0.330 e. The second-order valence-corrected chi connectivity index (χ2v) is 3.09. The zero-order chi connectivity index (χ0) is 12.6.